The molecule has 6 nitrogen and oxygen atoms in total. The fourth-order valence-electron chi connectivity index (χ4n) is 1.40. The molecule has 0 spiro atoms. The van der Waals surface area contributed by atoms with Gasteiger partial charge in [0, 0.05) is 18.9 Å². The van der Waals surface area contributed by atoms with Crippen LogP contribution in [-0.4, -0.2) is 26.0 Å². The van der Waals surface area contributed by atoms with Crippen LogP contribution < -0.4 is 5.32 Å². The SMILES string of the molecule is Cc1nccc(NCc2ccc(C(=O)O)nc2)n1. The molecule has 0 aliphatic rings. The Morgan fingerprint density at radius 1 is 1.33 bits per heavy atom. The fourth-order valence-corrected chi connectivity index (χ4v) is 1.40. The van der Waals surface area contributed by atoms with Crippen molar-refractivity contribution in [3.05, 3.63) is 47.7 Å². The van der Waals surface area contributed by atoms with Gasteiger partial charge in [0.15, 0.2) is 0 Å². The Hall–Kier alpha value is -2.50. The number of carboxylic acids is 1. The number of hydrogen-bond donors (Lipinski definition) is 2. The van der Waals surface area contributed by atoms with E-state index in [1.54, 1.807) is 18.3 Å². The first kappa shape index (κ1) is 12.0. The maximum absolute atomic E-state index is 10.6. The molecule has 6 heteroatoms. The lowest BCUT2D eigenvalue weighted by Gasteiger charge is -2.05. The van der Waals surface area contributed by atoms with Crippen LogP contribution in [0.25, 0.3) is 0 Å². The minimum Gasteiger partial charge on any atom is -0.477 e. The zero-order chi connectivity index (χ0) is 13.0. The summed E-state index contributed by atoms with van der Waals surface area (Å²) in [5.41, 5.74) is 0.924. The average molecular weight is 244 g/mol. The van der Waals surface area contributed by atoms with Crippen LogP contribution in [0.15, 0.2) is 30.6 Å². The molecule has 18 heavy (non-hydrogen) atoms. The van der Waals surface area contributed by atoms with Crippen molar-refractivity contribution in [3.8, 4) is 0 Å². The molecule has 0 radical (unpaired) electrons. The topological polar surface area (TPSA) is 88.0 Å². The first-order valence-corrected chi connectivity index (χ1v) is 5.37. The van der Waals surface area contributed by atoms with E-state index in [1.165, 1.54) is 12.3 Å². The second-order valence-corrected chi connectivity index (χ2v) is 3.70. The van der Waals surface area contributed by atoms with Gasteiger partial charge in [-0.3, -0.25) is 0 Å². The molecular formula is C12H12N4O2. The minimum absolute atomic E-state index is 0.0385. The van der Waals surface area contributed by atoms with Gasteiger partial charge in [-0.15, -0.1) is 0 Å². The number of carboxylic acid groups (broad SMARTS) is 1. The van der Waals surface area contributed by atoms with E-state index in [-0.39, 0.29) is 5.69 Å². The molecule has 0 atom stereocenters. The van der Waals surface area contributed by atoms with E-state index in [1.807, 2.05) is 6.92 Å². The van der Waals surface area contributed by atoms with Gasteiger partial charge in [-0.2, -0.15) is 0 Å². The number of nitrogens with zero attached hydrogens (tertiary/aromatic N) is 3. The second kappa shape index (κ2) is 5.22. The van der Waals surface area contributed by atoms with Gasteiger partial charge in [0.05, 0.1) is 0 Å². The largest absolute Gasteiger partial charge is 0.477 e. The number of aromatic carboxylic acids is 1. The van der Waals surface area contributed by atoms with E-state index in [4.69, 9.17) is 5.11 Å². The van der Waals surface area contributed by atoms with E-state index in [9.17, 15) is 4.79 Å². The molecule has 0 aromatic carbocycles. The van der Waals surface area contributed by atoms with Gasteiger partial charge in [-0.25, -0.2) is 19.7 Å². The van der Waals surface area contributed by atoms with Crippen molar-refractivity contribution in [1.82, 2.24) is 15.0 Å². The van der Waals surface area contributed by atoms with E-state index < -0.39 is 5.97 Å². The van der Waals surface area contributed by atoms with E-state index in [2.05, 4.69) is 20.3 Å². The first-order chi connectivity index (χ1) is 8.65. The molecule has 0 saturated carbocycles. The van der Waals surface area contributed by atoms with Crippen molar-refractivity contribution in [2.75, 3.05) is 5.32 Å². The maximum Gasteiger partial charge on any atom is 0.354 e. The fraction of sp³-hybridized carbons (Fsp3) is 0.167. The predicted octanol–water partition coefficient (Wildman–Crippen LogP) is 1.49. The van der Waals surface area contributed by atoms with Crippen LogP contribution in [-0.2, 0) is 6.54 Å². The third-order valence-electron chi connectivity index (χ3n) is 2.29. The normalized spacial score (nSPS) is 10.1. The number of nitrogens with one attached hydrogen (secondary N) is 1. The van der Waals surface area contributed by atoms with Crippen LogP contribution >= 0.6 is 0 Å². The number of pyridine rings is 1. The summed E-state index contributed by atoms with van der Waals surface area (Å²) < 4.78 is 0. The van der Waals surface area contributed by atoms with Gasteiger partial charge in [0.2, 0.25) is 0 Å². The lowest BCUT2D eigenvalue weighted by Crippen LogP contribution is -2.05. The van der Waals surface area contributed by atoms with Crippen LogP contribution in [0.4, 0.5) is 5.82 Å². The second-order valence-electron chi connectivity index (χ2n) is 3.70. The number of anilines is 1. The van der Waals surface area contributed by atoms with Crippen LogP contribution in [0.1, 0.15) is 21.9 Å². The summed E-state index contributed by atoms with van der Waals surface area (Å²) in [5, 5.41) is 11.8. The highest BCUT2D eigenvalue weighted by atomic mass is 16.4. The average Bonchev–Trinajstić information content (AvgIpc) is 2.37. The van der Waals surface area contributed by atoms with Crippen molar-refractivity contribution in [3.63, 3.8) is 0 Å². The Morgan fingerprint density at radius 3 is 2.78 bits per heavy atom. The molecule has 0 amide bonds. The highest BCUT2D eigenvalue weighted by Crippen LogP contribution is 2.06. The molecule has 2 heterocycles. The summed E-state index contributed by atoms with van der Waals surface area (Å²) >= 11 is 0. The Morgan fingerprint density at radius 2 is 2.17 bits per heavy atom. The molecule has 0 bridgehead atoms. The zero-order valence-corrected chi connectivity index (χ0v) is 9.79. The predicted molar refractivity (Wildman–Crippen MR) is 65.3 cm³/mol. The summed E-state index contributed by atoms with van der Waals surface area (Å²) in [6.07, 6.45) is 3.21. The molecule has 0 aliphatic carbocycles. The van der Waals surface area contributed by atoms with E-state index in [0.717, 1.165) is 11.4 Å². The Kier molecular flexibility index (Phi) is 3.47. The van der Waals surface area contributed by atoms with Crippen LogP contribution in [0.5, 0.6) is 0 Å². The quantitative estimate of drug-likeness (QED) is 0.847. The van der Waals surface area contributed by atoms with Gasteiger partial charge < -0.3 is 10.4 Å². The first-order valence-electron chi connectivity index (χ1n) is 5.37. The molecule has 92 valence electrons. The highest BCUT2D eigenvalue weighted by Gasteiger charge is 2.03. The van der Waals surface area contributed by atoms with Crippen molar-refractivity contribution >= 4 is 11.8 Å². The molecule has 2 rings (SSSR count). The summed E-state index contributed by atoms with van der Waals surface area (Å²) in [6.45, 7) is 2.34. The van der Waals surface area contributed by atoms with Crippen molar-refractivity contribution in [2.45, 2.75) is 13.5 Å². The third kappa shape index (κ3) is 3.00. The summed E-state index contributed by atoms with van der Waals surface area (Å²) in [7, 11) is 0. The molecule has 2 aromatic rings. The van der Waals surface area contributed by atoms with Gasteiger partial charge >= 0.3 is 5.97 Å². The Labute approximate surface area is 104 Å². The number of hydrogen-bond acceptors (Lipinski definition) is 5. The third-order valence-corrected chi connectivity index (χ3v) is 2.29. The molecular weight excluding hydrogens is 232 g/mol. The highest BCUT2D eigenvalue weighted by molar-refractivity contribution is 5.85. The number of aromatic nitrogens is 3. The van der Waals surface area contributed by atoms with E-state index >= 15 is 0 Å². The van der Waals surface area contributed by atoms with Gasteiger partial charge in [-0.05, 0) is 24.6 Å². The Balaban J connectivity index is 2.00. The van der Waals surface area contributed by atoms with Gasteiger partial charge in [0.1, 0.15) is 17.3 Å². The van der Waals surface area contributed by atoms with Crippen LogP contribution in [0.3, 0.4) is 0 Å². The standard InChI is InChI=1S/C12H12N4O2/c1-8-13-5-4-11(16-8)15-7-9-2-3-10(12(17)18)14-6-9/h2-6H,7H2,1H3,(H,17,18)(H,13,15,16). The number of rotatable bonds is 4. The molecule has 0 aliphatic heterocycles. The zero-order valence-electron chi connectivity index (χ0n) is 9.79. The molecule has 2 N–H and O–H groups in total. The maximum atomic E-state index is 10.6. The minimum atomic E-state index is -1.03. The number of carbonyl (C=O) groups is 1. The number of aryl methyl sites for hydroxylation is 1. The summed E-state index contributed by atoms with van der Waals surface area (Å²) in [6, 6.07) is 4.97. The smallest absolute Gasteiger partial charge is 0.354 e. The molecule has 0 saturated heterocycles. The lowest BCUT2D eigenvalue weighted by atomic mass is 10.2. The van der Waals surface area contributed by atoms with E-state index in [0.29, 0.717) is 12.4 Å². The Bertz CT molecular complexity index is 554. The molecule has 0 fully saturated rings. The lowest BCUT2D eigenvalue weighted by molar-refractivity contribution is 0.0690. The molecule has 2 aromatic heterocycles. The van der Waals surface area contributed by atoms with Crippen molar-refractivity contribution < 1.29 is 9.90 Å². The van der Waals surface area contributed by atoms with Crippen LogP contribution in [0.2, 0.25) is 0 Å². The molecule has 0 unspecified atom stereocenters. The van der Waals surface area contributed by atoms with Crippen LogP contribution in [0, 0.1) is 6.92 Å². The van der Waals surface area contributed by atoms with Crippen molar-refractivity contribution in [1.29, 1.82) is 0 Å². The summed E-state index contributed by atoms with van der Waals surface area (Å²) in [4.78, 5) is 22.7. The monoisotopic (exact) mass is 244 g/mol. The summed E-state index contributed by atoms with van der Waals surface area (Å²) in [5.74, 6) is 0.394. The van der Waals surface area contributed by atoms with Crippen molar-refractivity contribution in [2.24, 2.45) is 0 Å². The van der Waals surface area contributed by atoms with Gasteiger partial charge in [-0.1, -0.05) is 6.07 Å². The van der Waals surface area contributed by atoms with Gasteiger partial charge in [0.25, 0.3) is 0 Å².